The van der Waals surface area contributed by atoms with Crippen molar-refractivity contribution >= 4 is 0 Å². The van der Waals surface area contributed by atoms with Crippen LogP contribution < -0.4 is 4.74 Å². The van der Waals surface area contributed by atoms with Gasteiger partial charge in [0.15, 0.2) is 0 Å². The Balaban J connectivity index is 1.43. The van der Waals surface area contributed by atoms with E-state index < -0.39 is 12.2 Å². The highest BCUT2D eigenvalue weighted by molar-refractivity contribution is 5.38. The van der Waals surface area contributed by atoms with Crippen molar-refractivity contribution in [1.82, 2.24) is 0 Å². The van der Waals surface area contributed by atoms with Crippen LogP contribution in [-0.4, -0.2) is 59.6 Å². The van der Waals surface area contributed by atoms with Crippen LogP contribution in [0, 0.1) is 6.92 Å². The summed E-state index contributed by atoms with van der Waals surface area (Å²) in [5, 5.41) is 29.6. The summed E-state index contributed by atoms with van der Waals surface area (Å²) in [4.78, 5) is 0. The second-order valence-electron chi connectivity index (χ2n) is 8.65. The summed E-state index contributed by atoms with van der Waals surface area (Å²) in [5.74, 6) is 0.750. The van der Waals surface area contributed by atoms with E-state index >= 15 is 0 Å². The Bertz CT molecular complexity index is 852. The fourth-order valence-corrected chi connectivity index (χ4v) is 4.33. The van der Waals surface area contributed by atoms with E-state index in [0.29, 0.717) is 32.5 Å². The van der Waals surface area contributed by atoms with E-state index in [1.807, 2.05) is 18.2 Å². The summed E-state index contributed by atoms with van der Waals surface area (Å²) < 4.78 is 17.2. The van der Waals surface area contributed by atoms with Crippen molar-refractivity contribution in [2.24, 2.45) is 0 Å². The van der Waals surface area contributed by atoms with Crippen LogP contribution in [0.2, 0.25) is 0 Å². The topological polar surface area (TPSA) is 88.4 Å². The minimum Gasteiger partial charge on any atom is -0.488 e. The summed E-state index contributed by atoms with van der Waals surface area (Å²) in [6.07, 6.45) is 0.679. The van der Waals surface area contributed by atoms with Crippen LogP contribution in [0.1, 0.15) is 47.6 Å². The van der Waals surface area contributed by atoms with Crippen LogP contribution >= 0.6 is 0 Å². The molecule has 0 amide bonds. The standard InChI is InChI=1S/C25H32O6/c1-16-2-5-18(25-13-20(27)12-22(14-26)31-25)11-19(16)10-17-3-6-21(7-4-17)30-24-8-9-29-15-23(24)28/h2-7,11,20,22-28H,8-10,12-15H2,1H3/t20?,22-,23?,24?,25+/m0/s1. The Labute approximate surface area is 183 Å². The number of ether oxygens (including phenoxy) is 3. The molecule has 2 fully saturated rings. The zero-order valence-corrected chi connectivity index (χ0v) is 17.9. The van der Waals surface area contributed by atoms with Gasteiger partial charge in [-0.2, -0.15) is 0 Å². The Kier molecular flexibility index (Phi) is 7.25. The first-order chi connectivity index (χ1) is 15.0. The van der Waals surface area contributed by atoms with Gasteiger partial charge in [0.2, 0.25) is 0 Å². The Morgan fingerprint density at radius 3 is 2.61 bits per heavy atom. The fourth-order valence-electron chi connectivity index (χ4n) is 4.33. The number of aliphatic hydroxyl groups excluding tert-OH is 3. The lowest BCUT2D eigenvalue weighted by atomic mass is 9.92. The molecule has 4 rings (SSSR count). The van der Waals surface area contributed by atoms with Gasteiger partial charge in [-0.25, -0.2) is 0 Å². The Morgan fingerprint density at radius 2 is 1.87 bits per heavy atom. The second kappa shape index (κ2) is 10.1. The van der Waals surface area contributed by atoms with Gasteiger partial charge in [0, 0.05) is 19.3 Å². The summed E-state index contributed by atoms with van der Waals surface area (Å²) >= 11 is 0. The van der Waals surface area contributed by atoms with E-state index in [9.17, 15) is 15.3 Å². The molecule has 31 heavy (non-hydrogen) atoms. The van der Waals surface area contributed by atoms with Crippen LogP contribution in [0.15, 0.2) is 42.5 Å². The van der Waals surface area contributed by atoms with E-state index in [4.69, 9.17) is 14.2 Å². The fraction of sp³-hybridized carbons (Fsp3) is 0.520. The van der Waals surface area contributed by atoms with Crippen LogP contribution in [0.25, 0.3) is 0 Å². The summed E-state index contributed by atoms with van der Waals surface area (Å²) in [6.45, 7) is 2.94. The third kappa shape index (κ3) is 5.64. The molecule has 2 saturated heterocycles. The van der Waals surface area contributed by atoms with Crippen molar-refractivity contribution in [3.8, 4) is 5.75 Å². The molecule has 2 aliphatic rings. The lowest BCUT2D eigenvalue weighted by Gasteiger charge is -2.32. The minimum atomic E-state index is -0.593. The highest BCUT2D eigenvalue weighted by atomic mass is 16.5. The van der Waals surface area contributed by atoms with Gasteiger partial charge in [-0.3, -0.25) is 0 Å². The SMILES string of the molecule is Cc1ccc([C@H]2CC(O)C[C@@H](CO)O2)cc1Cc1ccc(OC2CCOCC2O)cc1. The number of hydrogen-bond donors (Lipinski definition) is 3. The second-order valence-corrected chi connectivity index (χ2v) is 8.65. The molecule has 5 atom stereocenters. The van der Waals surface area contributed by atoms with Crippen LogP contribution in [0.4, 0.5) is 0 Å². The predicted molar refractivity (Wildman–Crippen MR) is 116 cm³/mol. The molecule has 0 bridgehead atoms. The minimum absolute atomic E-state index is 0.0778. The normalized spacial score (nSPS) is 29.0. The van der Waals surface area contributed by atoms with Gasteiger partial charge in [0.25, 0.3) is 0 Å². The van der Waals surface area contributed by atoms with E-state index in [1.54, 1.807) is 0 Å². The molecule has 0 aromatic heterocycles. The van der Waals surface area contributed by atoms with Gasteiger partial charge >= 0.3 is 0 Å². The summed E-state index contributed by atoms with van der Waals surface area (Å²) in [6, 6.07) is 14.3. The number of aryl methyl sites for hydroxylation is 1. The highest BCUT2D eigenvalue weighted by Crippen LogP contribution is 2.33. The molecule has 2 heterocycles. The van der Waals surface area contributed by atoms with Gasteiger partial charge in [0.05, 0.1) is 38.1 Å². The number of aliphatic hydroxyl groups is 3. The number of rotatable bonds is 6. The van der Waals surface area contributed by atoms with Crippen molar-refractivity contribution < 1.29 is 29.5 Å². The number of hydrogen-bond acceptors (Lipinski definition) is 6. The van der Waals surface area contributed by atoms with Crippen molar-refractivity contribution in [2.45, 2.75) is 63.1 Å². The molecule has 0 spiro atoms. The lowest BCUT2D eigenvalue weighted by molar-refractivity contribution is -0.113. The van der Waals surface area contributed by atoms with Gasteiger partial charge in [-0.15, -0.1) is 0 Å². The molecule has 2 aromatic carbocycles. The molecular formula is C25H32O6. The first-order valence-corrected chi connectivity index (χ1v) is 11.1. The van der Waals surface area contributed by atoms with Crippen LogP contribution in [0.5, 0.6) is 5.75 Å². The maximum absolute atomic E-state index is 10.1. The largest absolute Gasteiger partial charge is 0.488 e. The predicted octanol–water partition coefficient (Wildman–Crippen LogP) is 2.69. The molecule has 0 aliphatic carbocycles. The van der Waals surface area contributed by atoms with Gasteiger partial charge in [-0.1, -0.05) is 30.3 Å². The monoisotopic (exact) mass is 428 g/mol. The maximum atomic E-state index is 10.1. The molecular weight excluding hydrogens is 396 g/mol. The first-order valence-electron chi connectivity index (χ1n) is 11.1. The lowest BCUT2D eigenvalue weighted by Crippen LogP contribution is -2.40. The smallest absolute Gasteiger partial charge is 0.129 e. The van der Waals surface area contributed by atoms with Crippen molar-refractivity contribution in [3.63, 3.8) is 0 Å². The van der Waals surface area contributed by atoms with Gasteiger partial charge in [0.1, 0.15) is 18.0 Å². The van der Waals surface area contributed by atoms with Gasteiger partial charge < -0.3 is 29.5 Å². The zero-order chi connectivity index (χ0) is 21.8. The molecule has 3 N–H and O–H groups in total. The average Bonchev–Trinajstić information content (AvgIpc) is 2.77. The Hall–Kier alpha value is -1.96. The third-order valence-corrected chi connectivity index (χ3v) is 6.20. The zero-order valence-electron chi connectivity index (χ0n) is 17.9. The molecule has 3 unspecified atom stereocenters. The van der Waals surface area contributed by atoms with E-state index in [-0.39, 0.29) is 24.9 Å². The first kappa shape index (κ1) is 22.2. The molecule has 0 radical (unpaired) electrons. The molecule has 2 aromatic rings. The van der Waals surface area contributed by atoms with E-state index in [1.165, 1.54) is 11.1 Å². The van der Waals surface area contributed by atoms with Crippen molar-refractivity contribution in [2.75, 3.05) is 19.8 Å². The maximum Gasteiger partial charge on any atom is 0.129 e. The van der Waals surface area contributed by atoms with Crippen molar-refractivity contribution in [1.29, 1.82) is 0 Å². The van der Waals surface area contributed by atoms with E-state index in [2.05, 4.69) is 31.2 Å². The number of benzene rings is 2. The Morgan fingerprint density at radius 1 is 1.06 bits per heavy atom. The van der Waals surface area contributed by atoms with Crippen molar-refractivity contribution in [3.05, 3.63) is 64.7 Å². The third-order valence-electron chi connectivity index (χ3n) is 6.20. The van der Waals surface area contributed by atoms with Crippen LogP contribution in [-0.2, 0) is 15.9 Å². The molecule has 168 valence electrons. The summed E-state index contributed by atoms with van der Waals surface area (Å²) in [5.41, 5.74) is 4.60. The van der Waals surface area contributed by atoms with Crippen LogP contribution in [0.3, 0.4) is 0 Å². The summed E-state index contributed by atoms with van der Waals surface area (Å²) in [7, 11) is 0. The van der Waals surface area contributed by atoms with Gasteiger partial charge in [-0.05, 0) is 47.7 Å². The molecule has 6 nitrogen and oxygen atoms in total. The molecule has 0 saturated carbocycles. The quantitative estimate of drug-likeness (QED) is 0.656. The average molecular weight is 429 g/mol. The molecule has 6 heteroatoms. The van der Waals surface area contributed by atoms with E-state index in [0.717, 1.165) is 23.3 Å². The highest BCUT2D eigenvalue weighted by Gasteiger charge is 2.29. The molecule has 2 aliphatic heterocycles.